The van der Waals surface area contributed by atoms with Crippen molar-refractivity contribution < 1.29 is 0 Å². The lowest BCUT2D eigenvalue weighted by Gasteiger charge is -2.16. The Kier molecular flexibility index (Phi) is 3.32. The second kappa shape index (κ2) is 4.52. The molecule has 0 atom stereocenters. The van der Waals surface area contributed by atoms with Gasteiger partial charge in [0, 0.05) is 22.2 Å². The molecule has 0 spiro atoms. The summed E-state index contributed by atoms with van der Waals surface area (Å²) in [7, 11) is 0. The quantitative estimate of drug-likeness (QED) is 0.750. The van der Waals surface area contributed by atoms with E-state index >= 15 is 0 Å². The highest BCUT2D eigenvalue weighted by Gasteiger charge is 2.14. The van der Waals surface area contributed by atoms with Crippen LogP contribution in [-0.4, -0.2) is 18.0 Å². The van der Waals surface area contributed by atoms with Crippen molar-refractivity contribution >= 4 is 23.2 Å². The summed E-state index contributed by atoms with van der Waals surface area (Å²) in [4.78, 5) is 2.40. The van der Waals surface area contributed by atoms with Crippen LogP contribution in [0.5, 0.6) is 0 Å². The average molecular weight is 230 g/mol. The van der Waals surface area contributed by atoms with E-state index < -0.39 is 0 Å². The minimum absolute atomic E-state index is 0.782. The van der Waals surface area contributed by atoms with Crippen molar-refractivity contribution in [3.8, 4) is 0 Å². The number of halogens is 2. The molecule has 1 aromatic carbocycles. The Hall–Kier alpha value is -0.240. The van der Waals surface area contributed by atoms with E-state index in [0.29, 0.717) is 0 Å². The third kappa shape index (κ3) is 2.22. The van der Waals surface area contributed by atoms with Gasteiger partial charge in [-0.05, 0) is 38.1 Å². The molecule has 0 amide bonds. The van der Waals surface area contributed by atoms with Gasteiger partial charge in [-0.15, -0.1) is 0 Å². The Morgan fingerprint density at radius 3 is 2.21 bits per heavy atom. The Labute approximate surface area is 94.6 Å². The lowest BCUT2D eigenvalue weighted by molar-refractivity contribution is 0.331. The third-order valence-electron chi connectivity index (χ3n) is 2.64. The average Bonchev–Trinajstić information content (AvgIpc) is 2.64. The lowest BCUT2D eigenvalue weighted by atomic mass is 10.2. The van der Waals surface area contributed by atoms with Gasteiger partial charge in [-0.25, -0.2) is 0 Å². The zero-order chi connectivity index (χ0) is 9.97. The van der Waals surface area contributed by atoms with Crippen LogP contribution in [0.25, 0.3) is 0 Å². The fraction of sp³-hybridized carbons (Fsp3) is 0.455. The van der Waals surface area contributed by atoms with Crippen LogP contribution in [0.3, 0.4) is 0 Å². The van der Waals surface area contributed by atoms with Gasteiger partial charge in [0.05, 0.1) is 0 Å². The lowest BCUT2D eigenvalue weighted by Crippen LogP contribution is -2.18. The molecule has 1 saturated heterocycles. The molecular formula is C11H13Cl2N. The zero-order valence-corrected chi connectivity index (χ0v) is 9.48. The van der Waals surface area contributed by atoms with E-state index in [2.05, 4.69) is 4.90 Å². The number of likely N-dealkylation sites (tertiary alicyclic amines) is 1. The van der Waals surface area contributed by atoms with E-state index in [4.69, 9.17) is 23.2 Å². The van der Waals surface area contributed by atoms with E-state index in [1.54, 1.807) is 0 Å². The van der Waals surface area contributed by atoms with E-state index in [0.717, 1.165) is 22.2 Å². The second-order valence-corrected chi connectivity index (χ2v) is 4.50. The standard InChI is InChI=1S/C11H13Cl2N/c12-10-4-3-5-11(13)9(10)8-14-6-1-2-7-14/h3-5H,1-2,6-8H2. The second-order valence-electron chi connectivity index (χ2n) is 3.68. The maximum atomic E-state index is 6.10. The molecule has 2 rings (SSSR count). The topological polar surface area (TPSA) is 3.24 Å². The van der Waals surface area contributed by atoms with Gasteiger partial charge in [-0.1, -0.05) is 29.3 Å². The molecule has 3 heteroatoms. The van der Waals surface area contributed by atoms with E-state index in [1.807, 2.05) is 18.2 Å². The molecule has 1 nitrogen and oxygen atoms in total. The Bertz CT molecular complexity index is 299. The first-order valence-corrected chi connectivity index (χ1v) is 5.68. The van der Waals surface area contributed by atoms with E-state index in [9.17, 15) is 0 Å². The third-order valence-corrected chi connectivity index (χ3v) is 3.35. The fourth-order valence-corrected chi connectivity index (χ4v) is 2.36. The minimum atomic E-state index is 0.782. The van der Waals surface area contributed by atoms with Gasteiger partial charge in [0.2, 0.25) is 0 Å². The molecule has 1 aromatic rings. The summed E-state index contributed by atoms with van der Waals surface area (Å²) in [6.07, 6.45) is 2.59. The number of hydrogen-bond donors (Lipinski definition) is 0. The van der Waals surface area contributed by atoms with Gasteiger partial charge in [-0.3, -0.25) is 4.90 Å². The van der Waals surface area contributed by atoms with Gasteiger partial charge in [0.1, 0.15) is 0 Å². The van der Waals surface area contributed by atoms with Crippen LogP contribution in [0.4, 0.5) is 0 Å². The molecule has 0 aromatic heterocycles. The van der Waals surface area contributed by atoms with Crippen molar-refractivity contribution in [1.29, 1.82) is 0 Å². The summed E-state index contributed by atoms with van der Waals surface area (Å²) < 4.78 is 0. The molecule has 0 aliphatic carbocycles. The Balaban J connectivity index is 2.14. The maximum Gasteiger partial charge on any atom is 0.0465 e. The molecule has 1 aliphatic heterocycles. The molecule has 0 bridgehead atoms. The Morgan fingerprint density at radius 1 is 1.07 bits per heavy atom. The summed E-state index contributed by atoms with van der Waals surface area (Å²) in [5.74, 6) is 0. The van der Waals surface area contributed by atoms with Crippen LogP contribution in [0.1, 0.15) is 18.4 Å². The molecule has 1 heterocycles. The summed E-state index contributed by atoms with van der Waals surface area (Å²) in [5.41, 5.74) is 1.07. The summed E-state index contributed by atoms with van der Waals surface area (Å²) in [6.45, 7) is 3.22. The highest BCUT2D eigenvalue weighted by atomic mass is 35.5. The number of hydrogen-bond acceptors (Lipinski definition) is 1. The molecule has 0 N–H and O–H groups in total. The summed E-state index contributed by atoms with van der Waals surface area (Å²) >= 11 is 12.2. The maximum absolute atomic E-state index is 6.10. The van der Waals surface area contributed by atoms with Gasteiger partial charge >= 0.3 is 0 Å². The summed E-state index contributed by atoms with van der Waals surface area (Å²) in [6, 6.07) is 5.69. The summed E-state index contributed by atoms with van der Waals surface area (Å²) in [5, 5.41) is 1.56. The molecule has 1 fully saturated rings. The molecule has 0 radical (unpaired) electrons. The predicted octanol–water partition coefficient (Wildman–Crippen LogP) is 3.59. The largest absolute Gasteiger partial charge is 0.299 e. The van der Waals surface area contributed by atoms with Crippen molar-refractivity contribution in [3.63, 3.8) is 0 Å². The molecule has 0 saturated carbocycles. The highest BCUT2D eigenvalue weighted by Crippen LogP contribution is 2.26. The van der Waals surface area contributed by atoms with Gasteiger partial charge in [-0.2, -0.15) is 0 Å². The van der Waals surface area contributed by atoms with E-state index in [-0.39, 0.29) is 0 Å². The minimum Gasteiger partial charge on any atom is -0.299 e. The number of nitrogens with zero attached hydrogens (tertiary/aromatic N) is 1. The van der Waals surface area contributed by atoms with Crippen molar-refractivity contribution in [2.75, 3.05) is 13.1 Å². The van der Waals surface area contributed by atoms with Crippen molar-refractivity contribution in [2.45, 2.75) is 19.4 Å². The first-order valence-electron chi connectivity index (χ1n) is 4.92. The van der Waals surface area contributed by atoms with Crippen LogP contribution in [-0.2, 0) is 6.54 Å². The highest BCUT2D eigenvalue weighted by molar-refractivity contribution is 6.35. The molecule has 1 aliphatic rings. The van der Waals surface area contributed by atoms with Crippen LogP contribution in [0.2, 0.25) is 10.0 Å². The van der Waals surface area contributed by atoms with Crippen molar-refractivity contribution in [1.82, 2.24) is 4.90 Å². The van der Waals surface area contributed by atoms with Gasteiger partial charge in [0.15, 0.2) is 0 Å². The Morgan fingerprint density at radius 2 is 1.64 bits per heavy atom. The monoisotopic (exact) mass is 229 g/mol. The SMILES string of the molecule is Clc1cccc(Cl)c1CN1CCCC1. The smallest absolute Gasteiger partial charge is 0.0465 e. The van der Waals surface area contributed by atoms with Crippen LogP contribution >= 0.6 is 23.2 Å². The normalized spacial score (nSPS) is 17.6. The molecule has 14 heavy (non-hydrogen) atoms. The predicted molar refractivity (Wildman–Crippen MR) is 61.0 cm³/mol. The molecule has 0 unspecified atom stereocenters. The van der Waals surface area contributed by atoms with Gasteiger partial charge < -0.3 is 0 Å². The van der Waals surface area contributed by atoms with Crippen LogP contribution in [0.15, 0.2) is 18.2 Å². The number of benzene rings is 1. The fourth-order valence-electron chi connectivity index (χ4n) is 1.85. The molecule has 76 valence electrons. The number of rotatable bonds is 2. The van der Waals surface area contributed by atoms with Gasteiger partial charge in [0.25, 0.3) is 0 Å². The van der Waals surface area contributed by atoms with Crippen molar-refractivity contribution in [2.24, 2.45) is 0 Å². The first-order chi connectivity index (χ1) is 6.77. The van der Waals surface area contributed by atoms with Crippen molar-refractivity contribution in [3.05, 3.63) is 33.8 Å². The zero-order valence-electron chi connectivity index (χ0n) is 7.97. The first kappa shape index (κ1) is 10.3. The van der Waals surface area contributed by atoms with Crippen LogP contribution in [0, 0.1) is 0 Å². The van der Waals surface area contributed by atoms with E-state index in [1.165, 1.54) is 25.9 Å². The molecular weight excluding hydrogens is 217 g/mol. The van der Waals surface area contributed by atoms with Crippen LogP contribution < -0.4 is 0 Å².